The molecule has 0 bridgehead atoms. The zero-order valence-corrected chi connectivity index (χ0v) is 18.8. The van der Waals surface area contributed by atoms with Gasteiger partial charge in [-0.15, -0.1) is 0 Å². The second-order valence-corrected chi connectivity index (χ2v) is 6.97. The number of imide groups is 1. The van der Waals surface area contributed by atoms with Gasteiger partial charge in [-0.2, -0.15) is 0 Å². The lowest BCUT2D eigenvalue weighted by molar-refractivity contribution is -0.145. The largest absolute Gasteiger partial charge is 0.490 e. The van der Waals surface area contributed by atoms with E-state index in [-0.39, 0.29) is 18.9 Å². The molecule has 1 fully saturated rings. The summed E-state index contributed by atoms with van der Waals surface area (Å²) in [5.74, 6) is -1.14. The van der Waals surface area contributed by atoms with E-state index in [1.165, 1.54) is 13.2 Å². The number of nitrogens with zero attached hydrogens (tertiary/aromatic N) is 1. The Balaban J connectivity index is 2.27. The molecular formula is C19H21IN2O8. The molecular weight excluding hydrogens is 511 g/mol. The number of methoxy groups -OCH3 is 1. The summed E-state index contributed by atoms with van der Waals surface area (Å²) >= 11 is 2.01. The van der Waals surface area contributed by atoms with Crippen LogP contribution in [0.15, 0.2) is 17.8 Å². The van der Waals surface area contributed by atoms with Crippen LogP contribution in [0.5, 0.6) is 11.5 Å². The van der Waals surface area contributed by atoms with Gasteiger partial charge in [-0.1, -0.05) is 0 Å². The number of benzene rings is 1. The van der Waals surface area contributed by atoms with E-state index in [1.807, 2.05) is 22.6 Å². The molecule has 1 N–H and O–H groups in total. The second kappa shape index (κ2) is 10.8. The zero-order chi connectivity index (χ0) is 22.3. The minimum Gasteiger partial charge on any atom is -0.490 e. The van der Waals surface area contributed by atoms with Crippen LogP contribution in [-0.4, -0.2) is 62.3 Å². The minimum absolute atomic E-state index is 0.00217. The van der Waals surface area contributed by atoms with Crippen LogP contribution in [0.4, 0.5) is 4.79 Å². The Bertz CT molecular complexity index is 884. The highest BCUT2D eigenvalue weighted by Crippen LogP contribution is 2.35. The Morgan fingerprint density at radius 1 is 1.13 bits per heavy atom. The topological polar surface area (TPSA) is 120 Å². The molecule has 1 aromatic rings. The van der Waals surface area contributed by atoms with Gasteiger partial charge in [0.15, 0.2) is 18.1 Å². The molecule has 30 heavy (non-hydrogen) atoms. The van der Waals surface area contributed by atoms with E-state index in [4.69, 9.17) is 14.2 Å². The average Bonchev–Trinajstić information content (AvgIpc) is 2.95. The van der Waals surface area contributed by atoms with Crippen LogP contribution in [0, 0.1) is 3.57 Å². The monoisotopic (exact) mass is 532 g/mol. The Kier molecular flexibility index (Phi) is 8.45. The molecule has 162 valence electrons. The first-order valence-corrected chi connectivity index (χ1v) is 10.0. The van der Waals surface area contributed by atoms with Crippen LogP contribution >= 0.6 is 22.6 Å². The maximum absolute atomic E-state index is 12.4. The molecule has 1 heterocycles. The molecule has 0 saturated carbocycles. The van der Waals surface area contributed by atoms with Gasteiger partial charge in [0.25, 0.3) is 5.91 Å². The van der Waals surface area contributed by atoms with Crippen molar-refractivity contribution in [1.29, 1.82) is 0 Å². The minimum atomic E-state index is -0.717. The molecule has 3 amide bonds. The first-order valence-electron chi connectivity index (χ1n) is 8.96. The third-order valence-corrected chi connectivity index (χ3v) is 4.56. The molecule has 1 saturated heterocycles. The van der Waals surface area contributed by atoms with Crippen molar-refractivity contribution in [3.63, 3.8) is 0 Å². The normalized spacial score (nSPS) is 14.5. The third kappa shape index (κ3) is 5.84. The number of nitrogens with one attached hydrogen (secondary N) is 1. The first-order chi connectivity index (χ1) is 14.3. The number of carbonyl (C=O) groups is 4. The lowest BCUT2D eigenvalue weighted by Crippen LogP contribution is -2.36. The van der Waals surface area contributed by atoms with Crippen molar-refractivity contribution in [2.24, 2.45) is 0 Å². The van der Waals surface area contributed by atoms with Gasteiger partial charge in [-0.25, -0.2) is 14.5 Å². The van der Waals surface area contributed by atoms with Crippen LogP contribution in [0.3, 0.4) is 0 Å². The van der Waals surface area contributed by atoms with Gasteiger partial charge in [0.05, 0.1) is 23.9 Å². The van der Waals surface area contributed by atoms with Crippen molar-refractivity contribution in [1.82, 2.24) is 10.2 Å². The van der Waals surface area contributed by atoms with Crippen molar-refractivity contribution in [3.8, 4) is 11.5 Å². The quantitative estimate of drug-likeness (QED) is 0.221. The van der Waals surface area contributed by atoms with Crippen molar-refractivity contribution in [3.05, 3.63) is 27.0 Å². The second-order valence-electron chi connectivity index (χ2n) is 5.81. The Morgan fingerprint density at radius 2 is 1.87 bits per heavy atom. The molecule has 0 aromatic heterocycles. The molecule has 0 aliphatic carbocycles. The van der Waals surface area contributed by atoms with Gasteiger partial charge in [-0.05, 0) is 60.2 Å². The summed E-state index contributed by atoms with van der Waals surface area (Å²) in [6.45, 7) is 3.32. The number of carbonyl (C=O) groups excluding carboxylic acids is 4. The number of rotatable bonds is 9. The van der Waals surface area contributed by atoms with Gasteiger partial charge < -0.3 is 24.3 Å². The van der Waals surface area contributed by atoms with Crippen LogP contribution < -0.4 is 14.8 Å². The third-order valence-electron chi connectivity index (χ3n) is 3.76. The van der Waals surface area contributed by atoms with E-state index in [0.717, 1.165) is 4.90 Å². The molecule has 1 aliphatic rings. The lowest BCUT2D eigenvalue weighted by atomic mass is 10.1. The van der Waals surface area contributed by atoms with Gasteiger partial charge >= 0.3 is 18.0 Å². The fourth-order valence-electron chi connectivity index (χ4n) is 2.48. The van der Waals surface area contributed by atoms with E-state index >= 15 is 0 Å². The summed E-state index contributed by atoms with van der Waals surface area (Å²) in [5, 5.41) is 2.43. The molecule has 0 radical (unpaired) electrons. The highest BCUT2D eigenvalue weighted by Gasteiger charge is 2.35. The number of amides is 3. The van der Waals surface area contributed by atoms with Gasteiger partial charge in [0.2, 0.25) is 0 Å². The van der Waals surface area contributed by atoms with Gasteiger partial charge in [0, 0.05) is 0 Å². The summed E-state index contributed by atoms with van der Waals surface area (Å²) in [6, 6.07) is 2.59. The SMILES string of the molecule is CCOC(=O)COc1c(I)cc(/C=C2/NC(=O)N(CC(=O)OC)C2=O)cc1OCC. The van der Waals surface area contributed by atoms with Crippen molar-refractivity contribution in [2.75, 3.05) is 33.5 Å². The maximum atomic E-state index is 12.4. The van der Waals surface area contributed by atoms with E-state index in [0.29, 0.717) is 27.2 Å². The molecule has 11 heteroatoms. The molecule has 0 spiro atoms. The smallest absolute Gasteiger partial charge is 0.344 e. The molecule has 0 atom stereocenters. The highest BCUT2D eigenvalue weighted by molar-refractivity contribution is 14.1. The number of halogens is 1. The summed E-state index contributed by atoms with van der Waals surface area (Å²) in [4.78, 5) is 48.1. The van der Waals surface area contributed by atoms with Crippen LogP contribution in [-0.2, 0) is 23.9 Å². The predicted octanol–water partition coefficient (Wildman–Crippen LogP) is 1.70. The van der Waals surface area contributed by atoms with Crippen LogP contribution in [0.1, 0.15) is 19.4 Å². The van der Waals surface area contributed by atoms with Crippen LogP contribution in [0.2, 0.25) is 0 Å². The number of hydrogen-bond donors (Lipinski definition) is 1. The summed E-state index contributed by atoms with van der Waals surface area (Å²) in [6.07, 6.45) is 1.46. The fourth-order valence-corrected chi connectivity index (χ4v) is 3.26. The average molecular weight is 532 g/mol. The predicted molar refractivity (Wildman–Crippen MR) is 113 cm³/mol. The van der Waals surface area contributed by atoms with E-state index in [9.17, 15) is 19.2 Å². The van der Waals surface area contributed by atoms with E-state index in [2.05, 4.69) is 10.1 Å². The summed E-state index contributed by atoms with van der Waals surface area (Å²) < 4.78 is 21.1. The van der Waals surface area contributed by atoms with Crippen LogP contribution in [0.25, 0.3) is 6.08 Å². The maximum Gasteiger partial charge on any atom is 0.344 e. The van der Waals surface area contributed by atoms with E-state index in [1.54, 1.807) is 26.0 Å². The van der Waals surface area contributed by atoms with Crippen molar-refractivity contribution in [2.45, 2.75) is 13.8 Å². The van der Waals surface area contributed by atoms with E-state index < -0.39 is 30.4 Å². The Labute approximate surface area is 186 Å². The number of urea groups is 1. The number of esters is 2. The molecule has 1 aromatic carbocycles. The molecule has 1 aliphatic heterocycles. The summed E-state index contributed by atoms with van der Waals surface area (Å²) in [5.41, 5.74) is 0.553. The standard InChI is InChI=1S/C19H21IN2O8/c1-4-28-14-8-11(6-12(20)17(14)30-10-16(24)29-5-2)7-13-18(25)22(19(26)21-13)9-15(23)27-3/h6-8H,4-5,9-10H2,1-3H3,(H,21,26)/b13-7+. The first kappa shape index (κ1) is 23.4. The number of ether oxygens (including phenoxy) is 4. The number of hydrogen-bond acceptors (Lipinski definition) is 8. The van der Waals surface area contributed by atoms with Gasteiger partial charge in [-0.3, -0.25) is 9.59 Å². The molecule has 10 nitrogen and oxygen atoms in total. The van der Waals surface area contributed by atoms with Crippen molar-refractivity contribution >= 4 is 52.5 Å². The summed E-state index contributed by atoms with van der Waals surface area (Å²) in [7, 11) is 1.17. The lowest BCUT2D eigenvalue weighted by Gasteiger charge is -2.14. The Hall–Kier alpha value is -2.83. The van der Waals surface area contributed by atoms with Crippen molar-refractivity contribution < 1.29 is 38.1 Å². The van der Waals surface area contributed by atoms with Gasteiger partial charge in [0.1, 0.15) is 12.2 Å². The zero-order valence-electron chi connectivity index (χ0n) is 16.7. The molecule has 2 rings (SSSR count). The molecule has 0 unspecified atom stereocenters. The fraction of sp³-hybridized carbons (Fsp3) is 0.368. The highest BCUT2D eigenvalue weighted by atomic mass is 127. The Morgan fingerprint density at radius 3 is 2.50 bits per heavy atom.